The lowest BCUT2D eigenvalue weighted by Crippen LogP contribution is -2.56. The standard InChI is InChI=1S/C14H18F2NO8P/c1-7(2)24-26(21)22-6-14(13(15)16)11(25-26)10(20)12(23-14)17-4-3-8(18)5-9(17)19/h3-4,7,10-13,20H,5-6H2,1-2H3/t10-,11-,12+,14+,26?/m0/s1. The predicted molar refractivity (Wildman–Crippen MR) is 79.9 cm³/mol. The smallest absolute Gasteiger partial charge is 0.386 e. The first-order valence-corrected chi connectivity index (χ1v) is 9.32. The molecule has 0 radical (unpaired) electrons. The van der Waals surface area contributed by atoms with Gasteiger partial charge in [0.25, 0.3) is 6.43 Å². The fourth-order valence-corrected chi connectivity index (χ4v) is 4.59. The molecule has 12 heteroatoms. The third kappa shape index (κ3) is 3.23. The Labute approximate surface area is 147 Å². The molecule has 0 spiro atoms. The van der Waals surface area contributed by atoms with Crippen molar-refractivity contribution in [3.05, 3.63) is 12.3 Å². The Bertz CT molecular complexity index is 686. The van der Waals surface area contributed by atoms with Crippen LogP contribution in [-0.2, 0) is 32.5 Å². The predicted octanol–water partition coefficient (Wildman–Crippen LogP) is 0.971. The van der Waals surface area contributed by atoms with Gasteiger partial charge in [-0.2, -0.15) is 0 Å². The Morgan fingerprint density at radius 3 is 2.69 bits per heavy atom. The van der Waals surface area contributed by atoms with Crippen LogP contribution in [0, 0.1) is 0 Å². The van der Waals surface area contributed by atoms with Gasteiger partial charge in [-0.05, 0) is 19.9 Å². The zero-order valence-corrected chi connectivity index (χ0v) is 14.8. The van der Waals surface area contributed by atoms with Crippen molar-refractivity contribution in [3.63, 3.8) is 0 Å². The van der Waals surface area contributed by atoms with Crippen LogP contribution in [0.15, 0.2) is 12.3 Å². The van der Waals surface area contributed by atoms with Crippen molar-refractivity contribution in [1.29, 1.82) is 0 Å². The number of phosphoric ester groups is 1. The van der Waals surface area contributed by atoms with Crippen molar-refractivity contribution in [2.75, 3.05) is 6.61 Å². The lowest BCUT2D eigenvalue weighted by molar-refractivity contribution is -0.213. The van der Waals surface area contributed by atoms with Crippen LogP contribution in [0.4, 0.5) is 8.78 Å². The highest BCUT2D eigenvalue weighted by Crippen LogP contribution is 2.60. The highest BCUT2D eigenvalue weighted by atomic mass is 31.2. The number of ether oxygens (including phenoxy) is 1. The Kier molecular flexibility index (Phi) is 5.06. The summed E-state index contributed by atoms with van der Waals surface area (Å²) in [5.74, 6) is -1.19. The van der Waals surface area contributed by atoms with Crippen LogP contribution in [-0.4, -0.2) is 64.9 Å². The molecular weight excluding hydrogens is 379 g/mol. The third-order valence-electron chi connectivity index (χ3n) is 4.13. The normalized spacial score (nSPS) is 40.6. The van der Waals surface area contributed by atoms with Gasteiger partial charge in [0.05, 0.1) is 19.1 Å². The van der Waals surface area contributed by atoms with Crippen LogP contribution in [0.2, 0.25) is 0 Å². The number of rotatable bonds is 4. The van der Waals surface area contributed by atoms with Crippen LogP contribution in [0.1, 0.15) is 20.3 Å². The Balaban J connectivity index is 1.90. The quantitative estimate of drug-likeness (QED) is 0.552. The van der Waals surface area contributed by atoms with E-state index < -0.39 is 69.1 Å². The fraction of sp³-hybridized carbons (Fsp3) is 0.714. The second-order valence-electron chi connectivity index (χ2n) is 6.42. The Hall–Kier alpha value is -1.23. The van der Waals surface area contributed by atoms with Crippen molar-refractivity contribution in [1.82, 2.24) is 4.90 Å². The summed E-state index contributed by atoms with van der Waals surface area (Å²) in [5.41, 5.74) is -2.44. The molecule has 3 aliphatic rings. The van der Waals surface area contributed by atoms with E-state index in [0.717, 1.165) is 17.2 Å². The number of hydrogen-bond donors (Lipinski definition) is 1. The molecule has 2 fully saturated rings. The second-order valence-corrected chi connectivity index (χ2v) is 7.99. The maximum absolute atomic E-state index is 13.8. The monoisotopic (exact) mass is 397 g/mol. The van der Waals surface area contributed by atoms with Crippen LogP contribution < -0.4 is 0 Å². The summed E-state index contributed by atoms with van der Waals surface area (Å²) in [6.45, 7) is 2.22. The van der Waals surface area contributed by atoms with E-state index in [-0.39, 0.29) is 0 Å². The number of ketones is 1. The van der Waals surface area contributed by atoms with Gasteiger partial charge in [0.15, 0.2) is 17.6 Å². The van der Waals surface area contributed by atoms with E-state index in [1.807, 2.05) is 0 Å². The van der Waals surface area contributed by atoms with Crippen molar-refractivity contribution >= 4 is 19.5 Å². The third-order valence-corrected chi connectivity index (χ3v) is 5.74. The number of carbonyl (C=O) groups excluding carboxylic acids is 2. The molecule has 1 unspecified atom stereocenters. The van der Waals surface area contributed by atoms with Crippen LogP contribution >= 0.6 is 7.82 Å². The number of phosphoric acid groups is 1. The van der Waals surface area contributed by atoms with Gasteiger partial charge in [0, 0.05) is 6.20 Å². The van der Waals surface area contributed by atoms with E-state index in [1.165, 1.54) is 0 Å². The number of aliphatic hydroxyl groups is 1. The lowest BCUT2D eigenvalue weighted by Gasteiger charge is -2.39. The van der Waals surface area contributed by atoms with Crippen LogP contribution in [0.25, 0.3) is 0 Å². The first-order chi connectivity index (χ1) is 12.1. The first kappa shape index (κ1) is 19.5. The lowest BCUT2D eigenvalue weighted by atomic mass is 9.96. The van der Waals surface area contributed by atoms with Crippen molar-refractivity contribution < 1.29 is 46.3 Å². The average molecular weight is 397 g/mol. The molecule has 0 aromatic carbocycles. The SMILES string of the molecule is CC(C)OP1(=O)OC[C@@]2(C(F)F)O[C@@H](N3C=CC(=O)CC3=O)[C@@H](O)[C@@H]2O1. The average Bonchev–Trinajstić information content (AvgIpc) is 2.80. The van der Waals surface area contributed by atoms with E-state index in [9.17, 15) is 28.0 Å². The maximum atomic E-state index is 13.8. The topological polar surface area (TPSA) is 112 Å². The van der Waals surface area contributed by atoms with Gasteiger partial charge in [0.1, 0.15) is 12.2 Å². The Morgan fingerprint density at radius 2 is 2.12 bits per heavy atom. The second kappa shape index (κ2) is 6.74. The van der Waals surface area contributed by atoms with E-state index in [0.29, 0.717) is 0 Å². The van der Waals surface area contributed by atoms with Crippen molar-refractivity contribution in [2.45, 2.75) is 56.8 Å². The molecule has 0 aliphatic carbocycles. The number of hydrogen-bond acceptors (Lipinski definition) is 8. The number of allylic oxidation sites excluding steroid dienone is 1. The molecule has 3 rings (SSSR count). The minimum absolute atomic E-state index is 0.464. The van der Waals surface area contributed by atoms with Crippen molar-refractivity contribution in [2.24, 2.45) is 0 Å². The van der Waals surface area contributed by atoms with E-state index in [2.05, 4.69) is 0 Å². The van der Waals surface area contributed by atoms with Gasteiger partial charge in [-0.1, -0.05) is 0 Å². The highest BCUT2D eigenvalue weighted by Gasteiger charge is 2.67. The summed E-state index contributed by atoms with van der Waals surface area (Å²) in [6, 6.07) is 0. The van der Waals surface area contributed by atoms with Crippen LogP contribution in [0.3, 0.4) is 0 Å². The molecule has 9 nitrogen and oxygen atoms in total. The Morgan fingerprint density at radius 1 is 1.42 bits per heavy atom. The number of carbonyl (C=O) groups is 2. The van der Waals surface area contributed by atoms with Gasteiger partial charge in [-0.25, -0.2) is 13.3 Å². The van der Waals surface area contributed by atoms with Gasteiger partial charge in [-0.15, -0.1) is 0 Å². The number of amides is 1. The van der Waals surface area contributed by atoms with Crippen LogP contribution in [0.5, 0.6) is 0 Å². The molecule has 2 saturated heterocycles. The highest BCUT2D eigenvalue weighted by molar-refractivity contribution is 7.48. The van der Waals surface area contributed by atoms with Gasteiger partial charge in [0.2, 0.25) is 5.91 Å². The summed E-state index contributed by atoms with van der Waals surface area (Å²) in [6.07, 6.45) is -7.22. The molecule has 26 heavy (non-hydrogen) atoms. The summed E-state index contributed by atoms with van der Waals surface area (Å²) in [4.78, 5) is 24.1. The summed E-state index contributed by atoms with van der Waals surface area (Å²) >= 11 is 0. The number of halogens is 2. The zero-order valence-electron chi connectivity index (χ0n) is 13.9. The summed E-state index contributed by atoms with van der Waals surface area (Å²) < 4.78 is 60.3. The molecule has 1 N–H and O–H groups in total. The molecule has 0 aromatic rings. The number of aliphatic hydroxyl groups excluding tert-OH is 1. The molecule has 5 atom stereocenters. The van der Waals surface area contributed by atoms with E-state index in [1.54, 1.807) is 13.8 Å². The minimum atomic E-state index is -4.20. The molecule has 3 heterocycles. The summed E-state index contributed by atoms with van der Waals surface area (Å²) in [7, 11) is -4.20. The van der Waals surface area contributed by atoms with Crippen molar-refractivity contribution in [3.8, 4) is 0 Å². The minimum Gasteiger partial charge on any atom is -0.386 e. The van der Waals surface area contributed by atoms with Gasteiger partial charge < -0.3 is 9.84 Å². The molecular formula is C14H18F2NO8P. The molecule has 3 aliphatic heterocycles. The van der Waals surface area contributed by atoms with E-state index >= 15 is 0 Å². The van der Waals surface area contributed by atoms with Gasteiger partial charge in [-0.3, -0.25) is 28.1 Å². The number of alkyl halides is 2. The maximum Gasteiger partial charge on any atom is 0.475 e. The number of nitrogens with zero attached hydrogens (tertiary/aromatic N) is 1. The fourth-order valence-electron chi connectivity index (χ4n) is 2.96. The largest absolute Gasteiger partial charge is 0.475 e. The molecule has 0 aromatic heterocycles. The molecule has 146 valence electrons. The molecule has 0 saturated carbocycles. The number of fused-ring (bicyclic) bond motifs is 1. The molecule has 1 amide bonds. The van der Waals surface area contributed by atoms with Gasteiger partial charge >= 0.3 is 7.82 Å². The van der Waals surface area contributed by atoms with E-state index in [4.69, 9.17) is 18.3 Å². The first-order valence-electron chi connectivity index (χ1n) is 7.85. The molecule has 0 bridgehead atoms. The zero-order chi connectivity index (χ0) is 19.3. The summed E-state index contributed by atoms with van der Waals surface area (Å²) in [5, 5.41) is 10.5.